The van der Waals surface area contributed by atoms with Gasteiger partial charge in [-0.05, 0) is 33.1 Å². The summed E-state index contributed by atoms with van der Waals surface area (Å²) in [7, 11) is 0. The molecule has 0 radical (unpaired) electrons. The Hall–Kier alpha value is -0.610. The number of carbonyl (C=O) groups is 1. The smallest absolute Gasteiger partial charge is 0.324 e. The summed E-state index contributed by atoms with van der Waals surface area (Å²) in [4.78, 5) is 11.4. The number of rotatable bonds is 3. The standard InChI is InChI=1S/C11H19NO3/c1-10(2)7-11(9(13)14,5-6-15-10)12-8-3-4-8/h8,12H,3-7H2,1-2H3,(H,13,14). The van der Waals surface area contributed by atoms with E-state index in [9.17, 15) is 9.90 Å². The van der Waals surface area contributed by atoms with Gasteiger partial charge in [-0.2, -0.15) is 0 Å². The second-order valence-corrected chi connectivity index (χ2v) is 5.34. The zero-order valence-corrected chi connectivity index (χ0v) is 9.38. The van der Waals surface area contributed by atoms with Gasteiger partial charge in [0.05, 0.1) is 5.60 Å². The van der Waals surface area contributed by atoms with Gasteiger partial charge in [-0.3, -0.25) is 10.1 Å². The lowest BCUT2D eigenvalue weighted by atomic mass is 9.81. The summed E-state index contributed by atoms with van der Waals surface area (Å²) in [6.07, 6.45) is 3.33. The fourth-order valence-corrected chi connectivity index (χ4v) is 2.35. The largest absolute Gasteiger partial charge is 0.480 e. The van der Waals surface area contributed by atoms with Gasteiger partial charge in [-0.15, -0.1) is 0 Å². The van der Waals surface area contributed by atoms with E-state index in [1.54, 1.807) is 0 Å². The van der Waals surface area contributed by atoms with E-state index >= 15 is 0 Å². The molecule has 1 aliphatic carbocycles. The first-order chi connectivity index (χ1) is 6.94. The van der Waals surface area contributed by atoms with Crippen LogP contribution in [-0.2, 0) is 9.53 Å². The summed E-state index contributed by atoms with van der Waals surface area (Å²) in [5, 5.41) is 12.7. The van der Waals surface area contributed by atoms with Crippen LogP contribution < -0.4 is 5.32 Å². The normalized spacial score (nSPS) is 35.1. The van der Waals surface area contributed by atoms with E-state index in [2.05, 4.69) is 5.32 Å². The third-order valence-corrected chi connectivity index (χ3v) is 3.22. The van der Waals surface area contributed by atoms with Crippen LogP contribution in [-0.4, -0.2) is 34.9 Å². The number of aliphatic carboxylic acids is 1. The molecular formula is C11H19NO3. The van der Waals surface area contributed by atoms with Crippen molar-refractivity contribution in [3.63, 3.8) is 0 Å². The highest BCUT2D eigenvalue weighted by atomic mass is 16.5. The molecular weight excluding hydrogens is 194 g/mol. The first-order valence-electron chi connectivity index (χ1n) is 5.59. The summed E-state index contributed by atoms with van der Waals surface area (Å²) >= 11 is 0. The number of nitrogens with one attached hydrogen (secondary N) is 1. The lowest BCUT2D eigenvalue weighted by molar-refractivity contribution is -0.158. The average Bonchev–Trinajstić information content (AvgIpc) is 2.85. The van der Waals surface area contributed by atoms with Gasteiger partial charge < -0.3 is 9.84 Å². The van der Waals surface area contributed by atoms with Crippen LogP contribution >= 0.6 is 0 Å². The molecule has 2 fully saturated rings. The van der Waals surface area contributed by atoms with Gasteiger partial charge in [-0.1, -0.05) is 0 Å². The van der Waals surface area contributed by atoms with Crippen molar-refractivity contribution < 1.29 is 14.6 Å². The number of hydrogen-bond donors (Lipinski definition) is 2. The van der Waals surface area contributed by atoms with Crippen molar-refractivity contribution in [3.8, 4) is 0 Å². The average molecular weight is 213 g/mol. The minimum absolute atomic E-state index is 0.335. The fourth-order valence-electron chi connectivity index (χ4n) is 2.35. The highest BCUT2D eigenvalue weighted by molar-refractivity contribution is 5.79. The second-order valence-electron chi connectivity index (χ2n) is 5.34. The fraction of sp³-hybridized carbons (Fsp3) is 0.909. The van der Waals surface area contributed by atoms with Gasteiger partial charge in [-0.25, -0.2) is 0 Å². The van der Waals surface area contributed by atoms with Crippen molar-refractivity contribution in [2.75, 3.05) is 6.61 Å². The van der Waals surface area contributed by atoms with Gasteiger partial charge in [0, 0.05) is 19.1 Å². The molecule has 2 aliphatic rings. The number of hydrogen-bond acceptors (Lipinski definition) is 3. The molecule has 86 valence electrons. The van der Waals surface area contributed by atoms with Gasteiger partial charge in [0.25, 0.3) is 0 Å². The Bertz CT molecular complexity index is 273. The maximum Gasteiger partial charge on any atom is 0.324 e. The molecule has 1 saturated heterocycles. The van der Waals surface area contributed by atoms with Crippen LogP contribution in [0.4, 0.5) is 0 Å². The van der Waals surface area contributed by atoms with E-state index in [0.717, 1.165) is 12.8 Å². The lowest BCUT2D eigenvalue weighted by Gasteiger charge is -2.42. The molecule has 0 aromatic rings. The maximum atomic E-state index is 11.4. The Morgan fingerprint density at radius 3 is 2.60 bits per heavy atom. The molecule has 1 atom stereocenters. The van der Waals surface area contributed by atoms with Crippen LogP contribution in [0.5, 0.6) is 0 Å². The predicted octanol–water partition coefficient (Wildman–Crippen LogP) is 1.15. The van der Waals surface area contributed by atoms with Crippen LogP contribution in [0.1, 0.15) is 39.5 Å². The number of carboxylic acids is 1. The summed E-state index contributed by atoms with van der Waals surface area (Å²) in [6.45, 7) is 4.44. The Balaban J connectivity index is 2.13. The van der Waals surface area contributed by atoms with Crippen LogP contribution in [0.2, 0.25) is 0 Å². The Labute approximate surface area is 90.0 Å². The van der Waals surface area contributed by atoms with Crippen molar-refractivity contribution in [1.82, 2.24) is 5.32 Å². The van der Waals surface area contributed by atoms with Crippen molar-refractivity contribution in [2.24, 2.45) is 0 Å². The van der Waals surface area contributed by atoms with Gasteiger partial charge >= 0.3 is 5.97 Å². The van der Waals surface area contributed by atoms with Crippen molar-refractivity contribution in [2.45, 2.75) is 56.7 Å². The molecule has 1 heterocycles. The summed E-state index contributed by atoms with van der Waals surface area (Å²) in [5.41, 5.74) is -1.10. The zero-order valence-electron chi connectivity index (χ0n) is 9.38. The molecule has 0 spiro atoms. The third kappa shape index (κ3) is 2.32. The summed E-state index contributed by atoms with van der Waals surface area (Å²) in [6, 6.07) is 0.412. The molecule has 0 amide bonds. The SMILES string of the molecule is CC1(C)CC(NC2CC2)(C(=O)O)CCO1. The van der Waals surface area contributed by atoms with E-state index in [0.29, 0.717) is 25.5 Å². The number of carboxylic acid groups (broad SMARTS) is 1. The van der Waals surface area contributed by atoms with Gasteiger partial charge in [0.1, 0.15) is 5.54 Å². The highest BCUT2D eigenvalue weighted by Crippen LogP contribution is 2.35. The molecule has 4 nitrogen and oxygen atoms in total. The minimum Gasteiger partial charge on any atom is -0.480 e. The molecule has 1 saturated carbocycles. The molecule has 15 heavy (non-hydrogen) atoms. The topological polar surface area (TPSA) is 58.6 Å². The lowest BCUT2D eigenvalue weighted by Crippen LogP contribution is -2.60. The molecule has 1 aliphatic heterocycles. The van der Waals surface area contributed by atoms with Crippen molar-refractivity contribution in [1.29, 1.82) is 0 Å². The molecule has 1 unspecified atom stereocenters. The highest BCUT2D eigenvalue weighted by Gasteiger charge is 2.48. The first-order valence-corrected chi connectivity index (χ1v) is 5.59. The zero-order chi connectivity index (χ0) is 11.1. The van der Waals surface area contributed by atoms with E-state index in [-0.39, 0.29) is 5.60 Å². The third-order valence-electron chi connectivity index (χ3n) is 3.22. The van der Waals surface area contributed by atoms with Crippen molar-refractivity contribution in [3.05, 3.63) is 0 Å². The molecule has 2 N–H and O–H groups in total. The van der Waals surface area contributed by atoms with Crippen LogP contribution in [0.15, 0.2) is 0 Å². The predicted molar refractivity (Wildman–Crippen MR) is 55.8 cm³/mol. The van der Waals surface area contributed by atoms with Gasteiger partial charge in [0.15, 0.2) is 0 Å². The van der Waals surface area contributed by atoms with E-state index in [1.807, 2.05) is 13.8 Å². The summed E-state index contributed by atoms with van der Waals surface area (Å²) < 4.78 is 5.57. The number of ether oxygens (including phenoxy) is 1. The molecule has 2 rings (SSSR count). The monoisotopic (exact) mass is 213 g/mol. The van der Waals surface area contributed by atoms with Gasteiger partial charge in [0.2, 0.25) is 0 Å². The van der Waals surface area contributed by atoms with E-state index in [1.165, 1.54) is 0 Å². The molecule has 0 aromatic heterocycles. The maximum absolute atomic E-state index is 11.4. The van der Waals surface area contributed by atoms with Crippen LogP contribution in [0.25, 0.3) is 0 Å². The van der Waals surface area contributed by atoms with E-state index < -0.39 is 11.5 Å². The first kappa shape index (κ1) is 10.9. The summed E-state index contributed by atoms with van der Waals surface area (Å²) in [5.74, 6) is -0.731. The Kier molecular flexibility index (Phi) is 2.51. The second kappa shape index (κ2) is 3.46. The van der Waals surface area contributed by atoms with Crippen LogP contribution in [0.3, 0.4) is 0 Å². The molecule has 0 aromatic carbocycles. The van der Waals surface area contributed by atoms with Crippen molar-refractivity contribution >= 4 is 5.97 Å². The Morgan fingerprint density at radius 1 is 1.47 bits per heavy atom. The Morgan fingerprint density at radius 2 is 2.13 bits per heavy atom. The quantitative estimate of drug-likeness (QED) is 0.738. The van der Waals surface area contributed by atoms with E-state index in [4.69, 9.17) is 4.74 Å². The minimum atomic E-state index is -0.761. The molecule has 4 heteroatoms. The molecule has 0 bridgehead atoms. The van der Waals surface area contributed by atoms with Crippen LogP contribution in [0, 0.1) is 0 Å².